The van der Waals surface area contributed by atoms with Gasteiger partial charge < -0.3 is 15.3 Å². The van der Waals surface area contributed by atoms with Gasteiger partial charge in [-0.25, -0.2) is 0 Å². The largest absolute Gasteiger partial charge is 0.389 e. The molecular weight excluding hydrogens is 288 g/mol. The van der Waals surface area contributed by atoms with Crippen LogP contribution in [0.5, 0.6) is 0 Å². The number of hydrogen-bond donors (Lipinski definition) is 3. The molecule has 4 atom stereocenters. The van der Waals surface area contributed by atoms with Gasteiger partial charge in [0.2, 0.25) is 0 Å². The van der Waals surface area contributed by atoms with E-state index < -0.39 is 17.3 Å². The Hall–Kier alpha value is -0.900. The van der Waals surface area contributed by atoms with Crippen molar-refractivity contribution in [2.24, 2.45) is 11.8 Å². The zero-order valence-electron chi connectivity index (χ0n) is 15.3. The summed E-state index contributed by atoms with van der Waals surface area (Å²) < 4.78 is 0. The smallest absolute Gasteiger partial charge is 0.0827 e. The maximum Gasteiger partial charge on any atom is 0.0827 e. The zero-order valence-corrected chi connectivity index (χ0v) is 15.3. The first kappa shape index (κ1) is 20.1. The number of allylic oxidation sites excluding steroid dienone is 3. The summed E-state index contributed by atoms with van der Waals surface area (Å²) in [5.74, 6) is 0.723. The Morgan fingerprint density at radius 3 is 2.39 bits per heavy atom. The molecular formula is C20H34O3. The van der Waals surface area contributed by atoms with Crippen LogP contribution in [0.1, 0.15) is 60.3 Å². The van der Waals surface area contributed by atoms with Gasteiger partial charge >= 0.3 is 0 Å². The van der Waals surface area contributed by atoms with Crippen molar-refractivity contribution in [3.63, 3.8) is 0 Å². The van der Waals surface area contributed by atoms with Crippen LogP contribution < -0.4 is 0 Å². The number of aliphatic hydroxyl groups excluding tert-OH is 1. The van der Waals surface area contributed by atoms with Gasteiger partial charge in [0.25, 0.3) is 0 Å². The molecule has 3 nitrogen and oxygen atoms in total. The van der Waals surface area contributed by atoms with Crippen molar-refractivity contribution in [3.05, 3.63) is 36.0 Å². The van der Waals surface area contributed by atoms with Gasteiger partial charge in [0.05, 0.1) is 17.3 Å². The second kappa shape index (κ2) is 8.27. The van der Waals surface area contributed by atoms with Crippen LogP contribution in [0.2, 0.25) is 0 Å². The lowest BCUT2D eigenvalue weighted by Gasteiger charge is -2.26. The maximum atomic E-state index is 10.5. The average Bonchev–Trinajstić information content (AvgIpc) is 2.35. The fraction of sp³-hybridized carbons (Fsp3) is 0.700. The molecule has 0 aliphatic heterocycles. The van der Waals surface area contributed by atoms with E-state index in [9.17, 15) is 15.3 Å². The summed E-state index contributed by atoms with van der Waals surface area (Å²) >= 11 is 0. The van der Waals surface area contributed by atoms with Gasteiger partial charge in [0.1, 0.15) is 0 Å². The van der Waals surface area contributed by atoms with Gasteiger partial charge in [0, 0.05) is 6.42 Å². The molecule has 3 N–H and O–H groups in total. The molecule has 132 valence electrons. The molecule has 23 heavy (non-hydrogen) atoms. The van der Waals surface area contributed by atoms with E-state index in [1.54, 1.807) is 19.1 Å². The summed E-state index contributed by atoms with van der Waals surface area (Å²) in [6.45, 7) is 9.82. The Balaban J connectivity index is 3.06. The average molecular weight is 322 g/mol. The van der Waals surface area contributed by atoms with Gasteiger partial charge in [-0.05, 0) is 51.9 Å². The van der Waals surface area contributed by atoms with E-state index in [0.717, 1.165) is 12.0 Å². The summed E-state index contributed by atoms with van der Waals surface area (Å²) in [6.07, 6.45) is 11.3. The van der Waals surface area contributed by atoms with Crippen LogP contribution in [0, 0.1) is 11.8 Å². The van der Waals surface area contributed by atoms with Crippen molar-refractivity contribution in [1.29, 1.82) is 0 Å². The molecule has 0 aromatic rings. The molecule has 0 amide bonds. The van der Waals surface area contributed by atoms with E-state index >= 15 is 0 Å². The highest BCUT2D eigenvalue weighted by Crippen LogP contribution is 2.27. The standard InChI is InChI=1S/C20H34O3/c1-15(2)17-8-11-19(4,22)10-6-7-16(3)13-18(21)14-20(5,23)12-9-17/h6,9-10,12-13,15,17-18,21-23H,7-8,11,14H2,1-5H3/b10-6+,12-9+,16-13+/t17-,18+,19-,20-/m1/s1. The van der Waals surface area contributed by atoms with E-state index in [0.29, 0.717) is 24.7 Å². The third kappa shape index (κ3) is 7.96. The predicted molar refractivity (Wildman–Crippen MR) is 96.1 cm³/mol. The molecule has 0 aromatic carbocycles. The van der Waals surface area contributed by atoms with Crippen LogP contribution >= 0.6 is 0 Å². The summed E-state index contributed by atoms with van der Waals surface area (Å²) in [4.78, 5) is 0. The van der Waals surface area contributed by atoms with Crippen molar-refractivity contribution < 1.29 is 15.3 Å². The van der Waals surface area contributed by atoms with Crippen molar-refractivity contribution in [3.8, 4) is 0 Å². The fourth-order valence-corrected chi connectivity index (χ4v) is 2.97. The molecule has 0 radical (unpaired) electrons. The molecule has 0 saturated carbocycles. The van der Waals surface area contributed by atoms with Gasteiger partial charge in [-0.2, -0.15) is 0 Å². The molecule has 0 aromatic heterocycles. The highest BCUT2D eigenvalue weighted by Gasteiger charge is 2.24. The zero-order chi connectivity index (χ0) is 17.7. The Kier molecular flexibility index (Phi) is 7.25. The van der Waals surface area contributed by atoms with Crippen molar-refractivity contribution in [2.45, 2.75) is 77.6 Å². The van der Waals surface area contributed by atoms with Gasteiger partial charge in [-0.1, -0.05) is 49.8 Å². The molecule has 1 aliphatic rings. The highest BCUT2D eigenvalue weighted by atomic mass is 16.3. The van der Waals surface area contributed by atoms with E-state index in [1.165, 1.54) is 0 Å². The molecule has 0 fully saturated rings. The molecule has 1 rings (SSSR count). The Bertz CT molecular complexity index is 456. The van der Waals surface area contributed by atoms with Crippen LogP contribution in [0.3, 0.4) is 0 Å². The van der Waals surface area contributed by atoms with Crippen LogP contribution in [0.25, 0.3) is 0 Å². The highest BCUT2D eigenvalue weighted by molar-refractivity contribution is 5.12. The molecule has 1 aliphatic carbocycles. The minimum absolute atomic E-state index is 0.285. The quantitative estimate of drug-likeness (QED) is 0.644. The second-order valence-electron chi connectivity index (χ2n) is 7.91. The minimum Gasteiger partial charge on any atom is -0.389 e. The normalized spacial score (nSPS) is 42.6. The number of hydrogen-bond acceptors (Lipinski definition) is 3. The summed E-state index contributed by atoms with van der Waals surface area (Å²) in [5.41, 5.74) is -0.834. The maximum absolute atomic E-state index is 10.5. The lowest BCUT2D eigenvalue weighted by Crippen LogP contribution is -2.28. The van der Waals surface area contributed by atoms with E-state index in [4.69, 9.17) is 0 Å². The molecule has 3 heteroatoms. The van der Waals surface area contributed by atoms with Crippen molar-refractivity contribution >= 4 is 0 Å². The third-order valence-corrected chi connectivity index (χ3v) is 4.56. The summed E-state index contributed by atoms with van der Waals surface area (Å²) in [5, 5.41) is 31.2. The van der Waals surface area contributed by atoms with E-state index in [1.807, 2.05) is 32.1 Å². The third-order valence-electron chi connectivity index (χ3n) is 4.56. The second-order valence-corrected chi connectivity index (χ2v) is 7.91. The van der Waals surface area contributed by atoms with E-state index in [2.05, 4.69) is 13.8 Å². The summed E-state index contributed by atoms with van der Waals surface area (Å²) in [6, 6.07) is 0. The molecule has 0 heterocycles. The Morgan fingerprint density at radius 1 is 1.13 bits per heavy atom. The Labute approximate surface area is 141 Å². The van der Waals surface area contributed by atoms with Crippen LogP contribution in [-0.4, -0.2) is 32.6 Å². The summed E-state index contributed by atoms with van der Waals surface area (Å²) in [7, 11) is 0. The van der Waals surface area contributed by atoms with Gasteiger partial charge in [-0.3, -0.25) is 0 Å². The predicted octanol–water partition coefficient (Wildman–Crippen LogP) is 3.75. The molecule has 0 spiro atoms. The SMILES string of the molecule is C/C1=C\[C@H](O)C[C@](C)(O)/C=C/[C@H](C(C)C)CC[C@](C)(O)/C=C/C1. The van der Waals surface area contributed by atoms with Crippen molar-refractivity contribution in [2.75, 3.05) is 0 Å². The van der Waals surface area contributed by atoms with E-state index in [-0.39, 0.29) is 6.42 Å². The monoisotopic (exact) mass is 322 g/mol. The van der Waals surface area contributed by atoms with Crippen LogP contribution in [0.15, 0.2) is 36.0 Å². The first-order valence-electron chi connectivity index (χ1n) is 8.68. The first-order valence-corrected chi connectivity index (χ1v) is 8.68. The lowest BCUT2D eigenvalue weighted by atomic mass is 9.84. The number of aliphatic hydroxyl groups is 3. The van der Waals surface area contributed by atoms with Crippen LogP contribution in [-0.2, 0) is 0 Å². The molecule has 0 saturated heterocycles. The fourth-order valence-electron chi connectivity index (χ4n) is 2.97. The molecule has 0 bridgehead atoms. The topological polar surface area (TPSA) is 60.7 Å². The van der Waals surface area contributed by atoms with Gasteiger partial charge in [-0.15, -0.1) is 0 Å². The number of rotatable bonds is 1. The molecule has 0 unspecified atom stereocenters. The minimum atomic E-state index is -1.04. The first-order chi connectivity index (χ1) is 10.5. The van der Waals surface area contributed by atoms with Crippen molar-refractivity contribution in [1.82, 2.24) is 0 Å². The van der Waals surface area contributed by atoms with Gasteiger partial charge in [0.15, 0.2) is 0 Å². The van der Waals surface area contributed by atoms with Crippen LogP contribution in [0.4, 0.5) is 0 Å². The Morgan fingerprint density at radius 2 is 1.78 bits per heavy atom. The lowest BCUT2D eigenvalue weighted by molar-refractivity contribution is 0.0563.